The summed E-state index contributed by atoms with van der Waals surface area (Å²) in [4.78, 5) is 4.11. The number of nitrogens with one attached hydrogen (secondary N) is 1. The zero-order valence-electron chi connectivity index (χ0n) is 13.0. The second-order valence-electron chi connectivity index (χ2n) is 6.52. The van der Waals surface area contributed by atoms with E-state index in [1.165, 1.54) is 31.4 Å². The fourth-order valence-electron chi connectivity index (χ4n) is 3.33. The lowest BCUT2D eigenvalue weighted by molar-refractivity contribution is 0.267. The summed E-state index contributed by atoms with van der Waals surface area (Å²) in [5.74, 6) is 1.75. The predicted octanol–water partition coefficient (Wildman–Crippen LogP) is 4.50. The van der Waals surface area contributed by atoms with Gasteiger partial charge in [0.25, 0.3) is 0 Å². The van der Waals surface area contributed by atoms with Crippen LogP contribution < -0.4 is 5.32 Å². The highest BCUT2D eigenvalue weighted by atomic mass is 15.0. The third kappa shape index (κ3) is 3.46. The van der Waals surface area contributed by atoms with Gasteiger partial charge in [-0.1, -0.05) is 19.9 Å². The van der Waals surface area contributed by atoms with Crippen LogP contribution in [0.1, 0.15) is 39.5 Å². The zero-order chi connectivity index (χ0) is 14.7. The van der Waals surface area contributed by atoms with Crippen LogP contribution in [0.15, 0.2) is 43.0 Å². The molecule has 0 atom stereocenters. The van der Waals surface area contributed by atoms with E-state index in [4.69, 9.17) is 0 Å². The highest BCUT2D eigenvalue weighted by Crippen LogP contribution is 2.31. The van der Waals surface area contributed by atoms with Crippen molar-refractivity contribution in [3.63, 3.8) is 0 Å². The molecule has 1 saturated carbocycles. The van der Waals surface area contributed by atoms with Gasteiger partial charge in [0.2, 0.25) is 0 Å². The molecule has 3 heteroatoms. The molecule has 0 spiro atoms. The van der Waals surface area contributed by atoms with Crippen molar-refractivity contribution in [2.75, 3.05) is 5.32 Å². The maximum Gasteiger partial charge on any atom is 0.0991 e. The number of anilines is 1. The van der Waals surface area contributed by atoms with Crippen molar-refractivity contribution in [1.82, 2.24) is 9.55 Å². The number of nitrogens with zero attached hydrogens (tertiary/aromatic N) is 2. The number of hydrogen-bond donors (Lipinski definition) is 1. The van der Waals surface area contributed by atoms with Gasteiger partial charge < -0.3 is 9.88 Å². The number of rotatable bonds is 4. The second-order valence-corrected chi connectivity index (χ2v) is 6.52. The molecule has 1 fully saturated rings. The normalized spacial score (nSPS) is 22.4. The summed E-state index contributed by atoms with van der Waals surface area (Å²) in [5.41, 5.74) is 2.38. The summed E-state index contributed by atoms with van der Waals surface area (Å²) in [6, 6.07) is 9.21. The van der Waals surface area contributed by atoms with Crippen LogP contribution >= 0.6 is 0 Å². The first-order chi connectivity index (χ1) is 10.2. The highest BCUT2D eigenvalue weighted by Gasteiger charge is 2.22. The maximum atomic E-state index is 4.11. The minimum Gasteiger partial charge on any atom is -0.382 e. The third-order valence-electron chi connectivity index (χ3n) is 4.73. The van der Waals surface area contributed by atoms with Crippen molar-refractivity contribution in [2.45, 2.75) is 45.6 Å². The van der Waals surface area contributed by atoms with E-state index in [0.717, 1.165) is 17.5 Å². The van der Waals surface area contributed by atoms with Crippen molar-refractivity contribution in [1.29, 1.82) is 0 Å². The molecule has 3 nitrogen and oxygen atoms in total. The van der Waals surface area contributed by atoms with Gasteiger partial charge in [-0.3, -0.25) is 0 Å². The molecular formula is C18H25N3. The zero-order valence-corrected chi connectivity index (χ0v) is 13.0. The lowest BCUT2D eigenvalue weighted by Crippen LogP contribution is -2.27. The van der Waals surface area contributed by atoms with Crippen molar-refractivity contribution in [2.24, 2.45) is 11.8 Å². The van der Waals surface area contributed by atoms with E-state index >= 15 is 0 Å². The molecule has 1 aliphatic carbocycles. The van der Waals surface area contributed by atoms with E-state index in [1.54, 1.807) is 0 Å². The van der Waals surface area contributed by atoms with Gasteiger partial charge in [-0.2, -0.15) is 0 Å². The first kappa shape index (κ1) is 14.2. The third-order valence-corrected chi connectivity index (χ3v) is 4.73. The average Bonchev–Trinajstić information content (AvgIpc) is 3.02. The number of hydrogen-bond acceptors (Lipinski definition) is 2. The van der Waals surface area contributed by atoms with Gasteiger partial charge in [-0.05, 0) is 55.7 Å². The summed E-state index contributed by atoms with van der Waals surface area (Å²) in [5, 5.41) is 3.71. The van der Waals surface area contributed by atoms with Crippen LogP contribution in [0.3, 0.4) is 0 Å². The Morgan fingerprint density at radius 3 is 2.67 bits per heavy atom. The quantitative estimate of drug-likeness (QED) is 0.895. The second kappa shape index (κ2) is 6.33. The fourth-order valence-corrected chi connectivity index (χ4v) is 3.33. The van der Waals surface area contributed by atoms with E-state index < -0.39 is 0 Å². The molecule has 21 heavy (non-hydrogen) atoms. The molecule has 1 aromatic heterocycles. The largest absolute Gasteiger partial charge is 0.382 e. The first-order valence-corrected chi connectivity index (χ1v) is 8.07. The Bertz CT molecular complexity index is 552. The average molecular weight is 283 g/mol. The molecule has 0 unspecified atom stereocenters. The van der Waals surface area contributed by atoms with Crippen LogP contribution in [-0.4, -0.2) is 15.6 Å². The van der Waals surface area contributed by atoms with E-state index in [0.29, 0.717) is 6.04 Å². The topological polar surface area (TPSA) is 29.9 Å². The lowest BCUT2D eigenvalue weighted by Gasteiger charge is -2.32. The van der Waals surface area contributed by atoms with E-state index in [9.17, 15) is 0 Å². The Labute approximate surface area is 127 Å². The Balaban J connectivity index is 1.62. The highest BCUT2D eigenvalue weighted by molar-refractivity contribution is 5.51. The fraction of sp³-hybridized carbons (Fsp3) is 0.500. The van der Waals surface area contributed by atoms with E-state index in [-0.39, 0.29) is 0 Å². The summed E-state index contributed by atoms with van der Waals surface area (Å²) in [6.07, 6.45) is 10.9. The smallest absolute Gasteiger partial charge is 0.0991 e. The summed E-state index contributed by atoms with van der Waals surface area (Å²) < 4.78 is 2.04. The van der Waals surface area contributed by atoms with Gasteiger partial charge >= 0.3 is 0 Å². The van der Waals surface area contributed by atoms with Crippen molar-refractivity contribution < 1.29 is 0 Å². The molecular weight excluding hydrogens is 258 g/mol. The van der Waals surface area contributed by atoms with Crippen LogP contribution in [-0.2, 0) is 0 Å². The summed E-state index contributed by atoms with van der Waals surface area (Å²) in [7, 11) is 0. The van der Waals surface area contributed by atoms with Crippen molar-refractivity contribution >= 4 is 5.69 Å². The summed E-state index contributed by atoms with van der Waals surface area (Å²) in [6.45, 7) is 4.71. The standard InChI is InChI=1S/C18H25N3/c1-14(2)15-6-8-16(9-7-15)20-17-4-3-5-18(12-17)21-11-10-19-13-21/h3-5,10-16,20H,6-9H2,1-2H3. The molecule has 0 radical (unpaired) electrons. The summed E-state index contributed by atoms with van der Waals surface area (Å²) >= 11 is 0. The molecule has 2 aromatic rings. The van der Waals surface area contributed by atoms with Gasteiger partial charge in [0.05, 0.1) is 6.33 Å². The molecule has 0 aliphatic heterocycles. The Morgan fingerprint density at radius 1 is 1.19 bits per heavy atom. The van der Waals surface area contributed by atoms with Gasteiger partial charge in [-0.15, -0.1) is 0 Å². The number of benzene rings is 1. The van der Waals surface area contributed by atoms with Gasteiger partial charge in [0.1, 0.15) is 0 Å². The molecule has 0 bridgehead atoms. The Kier molecular flexibility index (Phi) is 4.28. The monoisotopic (exact) mass is 283 g/mol. The van der Waals surface area contributed by atoms with E-state index in [1.807, 2.05) is 23.3 Å². The predicted molar refractivity (Wildman–Crippen MR) is 87.8 cm³/mol. The Hall–Kier alpha value is -1.77. The molecule has 1 N–H and O–H groups in total. The minimum absolute atomic E-state index is 0.623. The van der Waals surface area contributed by atoms with Crippen LogP contribution in [0.4, 0.5) is 5.69 Å². The molecule has 3 rings (SSSR count). The minimum atomic E-state index is 0.623. The number of aromatic nitrogens is 2. The van der Waals surface area contributed by atoms with Crippen LogP contribution in [0.2, 0.25) is 0 Å². The van der Waals surface area contributed by atoms with Gasteiger partial charge in [0, 0.05) is 29.8 Å². The first-order valence-electron chi connectivity index (χ1n) is 8.07. The van der Waals surface area contributed by atoms with Gasteiger partial charge in [0.15, 0.2) is 0 Å². The SMILES string of the molecule is CC(C)C1CCC(Nc2cccc(-n3ccnc3)c2)CC1. The lowest BCUT2D eigenvalue weighted by atomic mass is 9.79. The molecule has 112 valence electrons. The van der Waals surface area contributed by atoms with E-state index in [2.05, 4.69) is 48.4 Å². The van der Waals surface area contributed by atoms with Crippen molar-refractivity contribution in [3.8, 4) is 5.69 Å². The molecule has 1 aliphatic rings. The van der Waals surface area contributed by atoms with Crippen molar-refractivity contribution in [3.05, 3.63) is 43.0 Å². The van der Waals surface area contributed by atoms with Crippen LogP contribution in [0, 0.1) is 11.8 Å². The van der Waals surface area contributed by atoms with Crippen LogP contribution in [0.5, 0.6) is 0 Å². The molecule has 1 heterocycles. The van der Waals surface area contributed by atoms with Gasteiger partial charge in [-0.25, -0.2) is 4.98 Å². The molecule has 0 amide bonds. The molecule has 1 aromatic carbocycles. The maximum absolute atomic E-state index is 4.11. The Morgan fingerprint density at radius 2 is 2.00 bits per heavy atom. The van der Waals surface area contributed by atoms with Crippen LogP contribution in [0.25, 0.3) is 5.69 Å². The molecule has 0 saturated heterocycles. The number of imidazole rings is 1.